The molecule has 1 saturated heterocycles. The number of pyridine rings is 1. The number of aromatic nitrogens is 1. The normalized spacial score (nSPS) is 20.1. The number of carboxylic acids is 1. The largest absolute Gasteiger partial charge is 0.550 e. The van der Waals surface area contributed by atoms with Gasteiger partial charge in [0.1, 0.15) is 17.8 Å². The molecule has 286 valence electrons. The standard InChI is InChI=1S/C41H56N6O6/c1-29(48)52-31-25-33-38(44(7)27-31)42-35(40(33,3)4)15-14-16-36-41(5,6)34-26-32(53-30(2)49)28-47(39(34)43-36)20-13-9-12-19-46-23-21-45(22-24-46)18-11-8-10-17-37(50)51/h14-16,25-28H,8-13,17-24H2,1-7H3. The molecular weight excluding hydrogens is 672 g/mol. The summed E-state index contributed by atoms with van der Waals surface area (Å²) >= 11 is 0. The second-order valence-electron chi connectivity index (χ2n) is 15.5. The monoisotopic (exact) mass is 728 g/mol. The van der Waals surface area contributed by atoms with Crippen molar-refractivity contribution < 1.29 is 33.5 Å². The predicted molar refractivity (Wildman–Crippen MR) is 202 cm³/mol. The topological polar surface area (TPSA) is 131 Å². The number of carboxylic acid groups (broad SMARTS) is 1. The smallest absolute Gasteiger partial charge is 0.327 e. The van der Waals surface area contributed by atoms with Crippen molar-refractivity contribution in [2.24, 2.45) is 22.4 Å². The third-order valence-electron chi connectivity index (χ3n) is 10.6. The molecule has 1 fully saturated rings. The van der Waals surface area contributed by atoms with Crippen molar-refractivity contribution in [1.82, 2.24) is 14.7 Å². The van der Waals surface area contributed by atoms with Crippen molar-refractivity contribution in [2.45, 2.75) is 91.9 Å². The Hall–Kier alpha value is -4.42. The summed E-state index contributed by atoms with van der Waals surface area (Å²) in [5.41, 5.74) is 2.99. The summed E-state index contributed by atoms with van der Waals surface area (Å²) in [6, 6.07) is 1.89. The lowest BCUT2D eigenvalue weighted by Gasteiger charge is -2.34. The Morgan fingerprint density at radius 3 is 2.11 bits per heavy atom. The number of hydrogen-bond donors (Lipinski definition) is 0. The van der Waals surface area contributed by atoms with Gasteiger partial charge in [0, 0.05) is 69.7 Å². The van der Waals surface area contributed by atoms with E-state index in [4.69, 9.17) is 19.5 Å². The number of amidine groups is 1. The van der Waals surface area contributed by atoms with Crippen LogP contribution in [0, 0.1) is 5.41 Å². The zero-order valence-corrected chi connectivity index (χ0v) is 32.6. The Balaban J connectivity index is 1.18. The fourth-order valence-electron chi connectivity index (χ4n) is 7.41. The molecule has 0 N–H and O–H groups in total. The van der Waals surface area contributed by atoms with Crippen LogP contribution in [0.1, 0.15) is 92.1 Å². The van der Waals surface area contributed by atoms with Crippen molar-refractivity contribution in [3.63, 3.8) is 0 Å². The van der Waals surface area contributed by atoms with Crippen LogP contribution in [-0.2, 0) is 31.6 Å². The second-order valence-corrected chi connectivity index (χ2v) is 15.5. The minimum absolute atomic E-state index is 0.157. The summed E-state index contributed by atoms with van der Waals surface area (Å²) in [6.07, 6.45) is 17.7. The molecule has 0 spiro atoms. The number of nitrogens with zero attached hydrogens (tertiary/aromatic N) is 6. The van der Waals surface area contributed by atoms with E-state index in [1.165, 1.54) is 13.8 Å². The molecule has 0 aliphatic carbocycles. The van der Waals surface area contributed by atoms with Crippen LogP contribution in [0.4, 0.5) is 5.82 Å². The molecule has 5 heterocycles. The van der Waals surface area contributed by atoms with E-state index in [1.54, 1.807) is 6.20 Å². The quantitative estimate of drug-likeness (QED) is 0.138. The number of piperazine rings is 1. The summed E-state index contributed by atoms with van der Waals surface area (Å²) in [4.78, 5) is 51.4. The zero-order chi connectivity index (χ0) is 38.3. The summed E-state index contributed by atoms with van der Waals surface area (Å²) < 4.78 is 12.9. The fourth-order valence-corrected chi connectivity index (χ4v) is 7.41. The Bertz CT molecular complexity index is 1760. The number of hydrogen-bond acceptors (Lipinski definition) is 11. The number of allylic oxidation sites excluding steroid dienone is 5. The average Bonchev–Trinajstić information content (AvgIpc) is 3.48. The highest BCUT2D eigenvalue weighted by Crippen LogP contribution is 2.45. The molecule has 0 atom stereocenters. The predicted octanol–water partition coefficient (Wildman–Crippen LogP) is 4.42. The van der Waals surface area contributed by atoms with Gasteiger partial charge < -0.3 is 34.1 Å². The molecule has 0 unspecified atom stereocenters. The minimum atomic E-state index is -0.955. The van der Waals surface area contributed by atoms with E-state index in [1.807, 2.05) is 48.2 Å². The van der Waals surface area contributed by atoms with Gasteiger partial charge in [-0.05, 0) is 88.3 Å². The number of aliphatic imine (C=N–C) groups is 2. The van der Waals surface area contributed by atoms with Gasteiger partial charge in [-0.1, -0.05) is 32.8 Å². The molecule has 12 nitrogen and oxygen atoms in total. The molecule has 0 bridgehead atoms. The van der Waals surface area contributed by atoms with Crippen LogP contribution in [-0.4, -0.2) is 90.0 Å². The average molecular weight is 729 g/mol. The van der Waals surface area contributed by atoms with Crippen molar-refractivity contribution in [3.05, 3.63) is 65.4 Å². The molecule has 0 radical (unpaired) electrons. The molecule has 0 saturated carbocycles. The van der Waals surface area contributed by atoms with Crippen molar-refractivity contribution in [2.75, 3.05) is 45.8 Å². The summed E-state index contributed by atoms with van der Waals surface area (Å²) in [7, 11) is 1.90. The van der Waals surface area contributed by atoms with Crippen LogP contribution >= 0.6 is 0 Å². The van der Waals surface area contributed by atoms with E-state index >= 15 is 0 Å². The number of carbonyl (C=O) groups is 3. The maximum atomic E-state index is 12.0. The van der Waals surface area contributed by atoms with E-state index in [0.29, 0.717) is 17.9 Å². The van der Waals surface area contributed by atoms with Crippen LogP contribution in [0.25, 0.3) is 0 Å². The Labute approximate surface area is 314 Å². The maximum absolute atomic E-state index is 12.0. The van der Waals surface area contributed by atoms with Crippen molar-refractivity contribution in [1.29, 1.82) is 0 Å². The molecule has 12 heteroatoms. The number of fused-ring (bicyclic) bond motifs is 2. The first kappa shape index (κ1) is 39.8. The minimum Gasteiger partial charge on any atom is -0.550 e. The number of carbonyl (C=O) groups excluding carboxylic acids is 3. The van der Waals surface area contributed by atoms with Crippen molar-refractivity contribution >= 4 is 35.3 Å². The van der Waals surface area contributed by atoms with E-state index in [9.17, 15) is 19.5 Å². The van der Waals surface area contributed by atoms with Gasteiger partial charge in [-0.2, -0.15) is 0 Å². The van der Waals surface area contributed by atoms with Gasteiger partial charge in [0.2, 0.25) is 0 Å². The molecule has 5 rings (SSSR count). The molecule has 4 aliphatic heterocycles. The van der Waals surface area contributed by atoms with Gasteiger partial charge in [-0.3, -0.25) is 9.59 Å². The van der Waals surface area contributed by atoms with Crippen LogP contribution < -0.4 is 14.4 Å². The molecule has 0 aromatic carbocycles. The first-order chi connectivity index (χ1) is 25.1. The fraction of sp³-hybridized carbons (Fsp3) is 0.561. The zero-order valence-electron chi connectivity index (χ0n) is 32.6. The van der Waals surface area contributed by atoms with E-state index < -0.39 is 16.8 Å². The molecule has 0 amide bonds. The number of unbranched alkanes of at least 4 members (excludes halogenated alkanes) is 4. The van der Waals surface area contributed by atoms with Gasteiger partial charge in [0.25, 0.3) is 0 Å². The third-order valence-corrected chi connectivity index (χ3v) is 10.6. The van der Waals surface area contributed by atoms with Crippen LogP contribution in [0.15, 0.2) is 69.8 Å². The van der Waals surface area contributed by atoms with Crippen molar-refractivity contribution in [3.8, 4) is 5.75 Å². The van der Waals surface area contributed by atoms with Gasteiger partial charge in [0.15, 0.2) is 11.5 Å². The van der Waals surface area contributed by atoms with E-state index in [2.05, 4.69) is 42.4 Å². The Morgan fingerprint density at radius 1 is 0.868 bits per heavy atom. The lowest BCUT2D eigenvalue weighted by atomic mass is 9.81. The highest BCUT2D eigenvalue weighted by Gasteiger charge is 2.43. The van der Waals surface area contributed by atoms with E-state index in [0.717, 1.165) is 112 Å². The first-order valence-corrected chi connectivity index (χ1v) is 19.0. The number of aliphatic carboxylic acids is 1. The summed E-state index contributed by atoms with van der Waals surface area (Å²) in [5.74, 6) is 1.06. The van der Waals surface area contributed by atoms with Gasteiger partial charge in [-0.25, -0.2) is 9.56 Å². The van der Waals surface area contributed by atoms with Gasteiger partial charge in [0.05, 0.1) is 23.7 Å². The SMILES string of the molecule is CC(=O)OC1=CN(CCCCCN2CCN(CCCCCC(=O)[O-])CC2)C2=N/C(=C\C=C\C3=Nc4c(cc(OC(C)=O)c[n+]4C)C3(C)C)C(C)(C)C2=C1. The lowest BCUT2D eigenvalue weighted by molar-refractivity contribution is -0.658. The number of ether oxygens (including phenoxy) is 2. The highest BCUT2D eigenvalue weighted by atomic mass is 16.5. The summed E-state index contributed by atoms with van der Waals surface area (Å²) in [5, 5.41) is 10.6. The molecule has 4 aliphatic rings. The maximum Gasteiger partial charge on any atom is 0.327 e. The number of esters is 2. The second kappa shape index (κ2) is 17.2. The number of rotatable bonds is 16. The molecule has 1 aromatic heterocycles. The highest BCUT2D eigenvalue weighted by molar-refractivity contribution is 6.08. The third kappa shape index (κ3) is 9.97. The van der Waals surface area contributed by atoms with Crippen LogP contribution in [0.3, 0.4) is 0 Å². The van der Waals surface area contributed by atoms with Crippen LogP contribution in [0.5, 0.6) is 5.75 Å². The molecule has 53 heavy (non-hydrogen) atoms. The summed E-state index contributed by atoms with van der Waals surface area (Å²) in [6.45, 7) is 18.5. The number of aryl methyl sites for hydroxylation is 1. The lowest BCUT2D eigenvalue weighted by Crippen LogP contribution is -2.46. The Morgan fingerprint density at radius 2 is 1.49 bits per heavy atom. The van der Waals surface area contributed by atoms with E-state index in [-0.39, 0.29) is 18.4 Å². The first-order valence-electron chi connectivity index (χ1n) is 19.0. The van der Waals surface area contributed by atoms with Gasteiger partial charge >= 0.3 is 17.8 Å². The van der Waals surface area contributed by atoms with Crippen LogP contribution in [0.2, 0.25) is 0 Å². The Kier molecular flexibility index (Phi) is 12.9. The molecular formula is C41H56N6O6. The molecule has 1 aromatic rings. The van der Waals surface area contributed by atoms with Gasteiger partial charge in [-0.15, -0.1) is 0 Å².